The predicted molar refractivity (Wildman–Crippen MR) is 127 cm³/mol. The highest BCUT2D eigenvalue weighted by Gasteiger charge is 2.50. The van der Waals surface area contributed by atoms with Gasteiger partial charge in [0.15, 0.2) is 0 Å². The second-order valence-corrected chi connectivity index (χ2v) is 10.0. The summed E-state index contributed by atoms with van der Waals surface area (Å²) in [7, 11) is 1.71. The summed E-state index contributed by atoms with van der Waals surface area (Å²) in [4.78, 5) is 11.6. The topological polar surface area (TPSA) is 55.8 Å². The first-order chi connectivity index (χ1) is 15.8. The van der Waals surface area contributed by atoms with Crippen molar-refractivity contribution in [3.8, 4) is 11.5 Å². The fraction of sp³-hybridized carbons (Fsp3) is 0.536. The van der Waals surface area contributed by atoms with Gasteiger partial charge in [-0.3, -0.25) is 0 Å². The Labute approximate surface area is 196 Å². The number of halogens is 1. The van der Waals surface area contributed by atoms with E-state index in [4.69, 9.17) is 9.47 Å². The van der Waals surface area contributed by atoms with Gasteiger partial charge in [0.25, 0.3) is 0 Å². The molecule has 2 atom stereocenters. The summed E-state index contributed by atoms with van der Waals surface area (Å²) in [5.41, 5.74) is 1.15. The molecule has 0 spiro atoms. The molecule has 2 aromatic rings. The van der Waals surface area contributed by atoms with Gasteiger partial charge in [0, 0.05) is 5.92 Å². The molecule has 1 unspecified atom stereocenters. The molecule has 2 fully saturated rings. The van der Waals surface area contributed by atoms with Crippen molar-refractivity contribution in [3.05, 3.63) is 59.2 Å². The van der Waals surface area contributed by atoms with Crippen molar-refractivity contribution in [2.75, 3.05) is 13.7 Å². The van der Waals surface area contributed by atoms with Crippen LogP contribution in [0.3, 0.4) is 0 Å². The highest BCUT2D eigenvalue weighted by molar-refractivity contribution is 5.78. The van der Waals surface area contributed by atoms with Crippen molar-refractivity contribution < 1.29 is 23.8 Å². The lowest BCUT2D eigenvalue weighted by molar-refractivity contribution is -0.151. The molecule has 4 rings (SSSR count). The van der Waals surface area contributed by atoms with E-state index in [0.29, 0.717) is 24.2 Å². The van der Waals surface area contributed by atoms with E-state index in [0.717, 1.165) is 49.8 Å². The van der Waals surface area contributed by atoms with E-state index in [-0.39, 0.29) is 5.92 Å². The molecule has 0 heterocycles. The molecule has 5 heteroatoms. The smallest absolute Gasteiger partial charge is 0.341 e. The number of carboxylic acids is 1. The summed E-state index contributed by atoms with van der Waals surface area (Å²) in [6.07, 6.45) is 6.22. The van der Waals surface area contributed by atoms with Gasteiger partial charge in [-0.1, -0.05) is 18.2 Å². The molecule has 2 aromatic carbocycles. The van der Waals surface area contributed by atoms with Gasteiger partial charge >= 0.3 is 5.97 Å². The van der Waals surface area contributed by atoms with Gasteiger partial charge in [-0.15, -0.1) is 0 Å². The minimum absolute atomic E-state index is 0.0849. The number of methoxy groups -OCH3 is 1. The SMILES string of the molecule is COc1ccc(C)c(C2CCC(COc3cccc([C@H](C4CC4)C(C)(F)C(=O)O)c3)CC2)c1. The lowest BCUT2D eigenvalue weighted by Gasteiger charge is -2.30. The number of ether oxygens (including phenoxy) is 2. The molecule has 2 saturated carbocycles. The molecule has 0 saturated heterocycles. The second-order valence-electron chi connectivity index (χ2n) is 10.0. The number of aliphatic carboxylic acids is 1. The number of benzene rings is 2. The van der Waals surface area contributed by atoms with E-state index in [9.17, 15) is 9.90 Å². The van der Waals surface area contributed by atoms with E-state index < -0.39 is 17.6 Å². The van der Waals surface area contributed by atoms with Crippen LogP contribution in [0, 0.1) is 18.8 Å². The quantitative estimate of drug-likeness (QED) is 0.460. The van der Waals surface area contributed by atoms with Crippen molar-refractivity contribution >= 4 is 5.97 Å². The van der Waals surface area contributed by atoms with Crippen LogP contribution in [0.25, 0.3) is 0 Å². The van der Waals surface area contributed by atoms with E-state index >= 15 is 4.39 Å². The van der Waals surface area contributed by atoms with Crippen LogP contribution in [0.5, 0.6) is 11.5 Å². The monoisotopic (exact) mass is 454 g/mol. The first-order valence-electron chi connectivity index (χ1n) is 12.1. The summed E-state index contributed by atoms with van der Waals surface area (Å²) in [5.74, 6) is 0.705. The van der Waals surface area contributed by atoms with Crippen molar-refractivity contribution in [2.24, 2.45) is 11.8 Å². The Morgan fingerprint density at radius 3 is 2.45 bits per heavy atom. The molecular weight excluding hydrogens is 419 g/mol. The summed E-state index contributed by atoms with van der Waals surface area (Å²) in [6.45, 7) is 3.99. The minimum Gasteiger partial charge on any atom is -0.497 e. The number of rotatable bonds is 9. The number of carboxylic acid groups (broad SMARTS) is 1. The minimum atomic E-state index is -2.28. The molecular formula is C28H35FO4. The Bertz CT molecular complexity index is 974. The zero-order valence-corrected chi connectivity index (χ0v) is 19.9. The van der Waals surface area contributed by atoms with Crippen molar-refractivity contribution in [1.82, 2.24) is 0 Å². The standard InChI is InChI=1S/C28H35FO4/c1-18-7-14-23(32-3)16-25(18)20-10-8-19(9-11-20)17-33-24-6-4-5-22(15-24)26(21-12-13-21)28(2,29)27(30)31/h4-7,14-16,19-21,26H,8-13,17H2,1-3H3,(H,30,31)/t19?,20?,26-,28?/m0/s1. The molecule has 0 bridgehead atoms. The molecule has 33 heavy (non-hydrogen) atoms. The van der Waals surface area contributed by atoms with Crippen LogP contribution in [-0.4, -0.2) is 30.5 Å². The number of carbonyl (C=O) groups is 1. The van der Waals surface area contributed by atoms with Crippen LogP contribution in [0.2, 0.25) is 0 Å². The Morgan fingerprint density at radius 1 is 1.09 bits per heavy atom. The van der Waals surface area contributed by atoms with Crippen LogP contribution in [-0.2, 0) is 4.79 Å². The molecule has 4 nitrogen and oxygen atoms in total. The van der Waals surface area contributed by atoms with E-state index in [1.165, 1.54) is 18.1 Å². The van der Waals surface area contributed by atoms with E-state index in [1.807, 2.05) is 30.3 Å². The molecule has 0 aliphatic heterocycles. The average Bonchev–Trinajstić information content (AvgIpc) is 3.63. The Morgan fingerprint density at radius 2 is 1.82 bits per heavy atom. The summed E-state index contributed by atoms with van der Waals surface area (Å²) < 4.78 is 26.6. The van der Waals surface area contributed by atoms with Crippen molar-refractivity contribution in [1.29, 1.82) is 0 Å². The third-order valence-electron chi connectivity index (χ3n) is 7.57. The normalized spacial score (nSPS) is 23.4. The fourth-order valence-corrected chi connectivity index (χ4v) is 5.43. The zero-order chi connectivity index (χ0) is 23.6. The van der Waals surface area contributed by atoms with Gasteiger partial charge in [0.2, 0.25) is 5.67 Å². The highest BCUT2D eigenvalue weighted by atomic mass is 19.1. The Balaban J connectivity index is 1.36. The second kappa shape index (κ2) is 9.74. The maximum absolute atomic E-state index is 15.1. The molecule has 178 valence electrons. The fourth-order valence-electron chi connectivity index (χ4n) is 5.43. The van der Waals surface area contributed by atoms with Gasteiger partial charge in [-0.25, -0.2) is 9.18 Å². The lowest BCUT2D eigenvalue weighted by Crippen LogP contribution is -2.38. The number of aryl methyl sites for hydroxylation is 1. The van der Waals surface area contributed by atoms with Crippen molar-refractivity contribution in [3.63, 3.8) is 0 Å². The van der Waals surface area contributed by atoms with Crippen LogP contribution < -0.4 is 9.47 Å². The molecule has 1 N–H and O–H groups in total. The average molecular weight is 455 g/mol. The molecule has 0 radical (unpaired) electrons. The van der Waals surface area contributed by atoms with Gasteiger partial charge < -0.3 is 14.6 Å². The van der Waals surface area contributed by atoms with Crippen LogP contribution >= 0.6 is 0 Å². The number of alkyl halides is 1. The molecule has 2 aliphatic carbocycles. The summed E-state index contributed by atoms with van der Waals surface area (Å²) in [6, 6.07) is 13.7. The number of hydrogen-bond acceptors (Lipinski definition) is 3. The van der Waals surface area contributed by atoms with Gasteiger partial charge in [-0.2, -0.15) is 0 Å². The van der Waals surface area contributed by atoms with E-state index in [1.54, 1.807) is 7.11 Å². The highest BCUT2D eigenvalue weighted by Crippen LogP contribution is 2.50. The Kier molecular flexibility index (Phi) is 6.96. The van der Waals surface area contributed by atoms with Gasteiger partial charge in [0.1, 0.15) is 11.5 Å². The summed E-state index contributed by atoms with van der Waals surface area (Å²) in [5, 5.41) is 9.43. The number of hydrogen-bond donors (Lipinski definition) is 1. The third kappa shape index (κ3) is 5.34. The van der Waals surface area contributed by atoms with Gasteiger partial charge in [0.05, 0.1) is 13.7 Å². The van der Waals surface area contributed by atoms with Crippen LogP contribution in [0.15, 0.2) is 42.5 Å². The third-order valence-corrected chi connectivity index (χ3v) is 7.57. The largest absolute Gasteiger partial charge is 0.497 e. The van der Waals surface area contributed by atoms with Crippen LogP contribution in [0.1, 0.15) is 74.0 Å². The maximum Gasteiger partial charge on any atom is 0.341 e. The van der Waals surface area contributed by atoms with Gasteiger partial charge in [-0.05, 0) is 111 Å². The first kappa shape index (κ1) is 23.6. The lowest BCUT2D eigenvalue weighted by atomic mass is 9.78. The maximum atomic E-state index is 15.1. The first-order valence-corrected chi connectivity index (χ1v) is 12.1. The van der Waals surface area contributed by atoms with Crippen LogP contribution in [0.4, 0.5) is 4.39 Å². The zero-order valence-electron chi connectivity index (χ0n) is 19.9. The predicted octanol–water partition coefficient (Wildman–Crippen LogP) is 6.66. The molecule has 0 amide bonds. The van der Waals surface area contributed by atoms with Crippen molar-refractivity contribution in [2.45, 2.75) is 69.9 Å². The molecule has 2 aliphatic rings. The molecule has 0 aromatic heterocycles. The van der Waals surface area contributed by atoms with E-state index in [2.05, 4.69) is 19.1 Å². The Hall–Kier alpha value is -2.56. The summed E-state index contributed by atoms with van der Waals surface area (Å²) >= 11 is 0.